The van der Waals surface area contributed by atoms with Crippen molar-refractivity contribution in [2.75, 3.05) is 0 Å². The van der Waals surface area contributed by atoms with Crippen molar-refractivity contribution in [1.29, 1.82) is 0 Å². The van der Waals surface area contributed by atoms with Gasteiger partial charge in [0.25, 0.3) is 0 Å². The van der Waals surface area contributed by atoms with Gasteiger partial charge in [-0.1, -0.05) is 25.4 Å². The molecule has 148 valence electrons. The Kier molecular flexibility index (Phi) is 6.84. The van der Waals surface area contributed by atoms with E-state index in [1.807, 2.05) is 6.07 Å². The van der Waals surface area contributed by atoms with Crippen LogP contribution >= 0.6 is 22.9 Å². The Hall–Kier alpha value is -2.11. The Bertz CT molecular complexity index is 844. The van der Waals surface area contributed by atoms with E-state index in [2.05, 4.69) is 45.6 Å². The lowest BCUT2D eigenvalue weighted by atomic mass is 10.0. The van der Waals surface area contributed by atoms with Crippen molar-refractivity contribution in [2.24, 2.45) is 5.92 Å². The summed E-state index contributed by atoms with van der Waals surface area (Å²) in [5.41, 5.74) is 3.19. The van der Waals surface area contributed by atoms with Gasteiger partial charge in [0.1, 0.15) is 0 Å². The van der Waals surface area contributed by atoms with Gasteiger partial charge in [-0.2, -0.15) is 28.6 Å². The van der Waals surface area contributed by atoms with E-state index < -0.39 is 12.1 Å². The molecule has 0 saturated heterocycles. The Morgan fingerprint density at radius 3 is 2.56 bits per heavy atom. The van der Waals surface area contributed by atoms with Gasteiger partial charge in [-0.3, -0.25) is 0 Å². The molecule has 0 aromatic carbocycles. The molecular formula is C15H17ClF3N5O2S. The van der Waals surface area contributed by atoms with Crippen molar-refractivity contribution < 1.29 is 23.1 Å². The Labute approximate surface area is 160 Å². The first-order chi connectivity index (χ1) is 12.6. The number of aliphatic carboxylic acids is 1. The van der Waals surface area contributed by atoms with Crippen LogP contribution in [0.2, 0.25) is 4.34 Å². The zero-order valence-corrected chi connectivity index (χ0v) is 15.8. The first-order valence-electron chi connectivity index (χ1n) is 7.74. The maximum atomic E-state index is 10.6. The van der Waals surface area contributed by atoms with E-state index in [0.717, 1.165) is 27.8 Å². The van der Waals surface area contributed by atoms with Crippen LogP contribution in [0, 0.1) is 5.92 Å². The summed E-state index contributed by atoms with van der Waals surface area (Å²) in [5.74, 6) is -2.32. The molecule has 4 N–H and O–H groups in total. The molecule has 7 nitrogen and oxygen atoms in total. The van der Waals surface area contributed by atoms with Crippen molar-refractivity contribution in [2.45, 2.75) is 32.6 Å². The number of hydrogen-bond donors (Lipinski definition) is 4. The SMILES string of the molecule is CC(C)C(NCc1cc2sc(Cl)cc2[nH]1)c1cn[nH]n1.O=C(O)C(F)(F)F. The minimum atomic E-state index is -5.08. The highest BCUT2D eigenvalue weighted by molar-refractivity contribution is 7.22. The van der Waals surface area contributed by atoms with Gasteiger partial charge < -0.3 is 15.4 Å². The smallest absolute Gasteiger partial charge is 0.475 e. The van der Waals surface area contributed by atoms with Crippen molar-refractivity contribution >= 4 is 39.1 Å². The van der Waals surface area contributed by atoms with Crippen molar-refractivity contribution in [3.8, 4) is 0 Å². The molecule has 0 aliphatic carbocycles. The second kappa shape index (κ2) is 8.72. The maximum absolute atomic E-state index is 10.6. The maximum Gasteiger partial charge on any atom is 0.490 e. The number of aromatic nitrogens is 4. The van der Waals surface area contributed by atoms with E-state index in [9.17, 15) is 13.2 Å². The number of H-pyrrole nitrogens is 2. The van der Waals surface area contributed by atoms with Crippen LogP contribution in [-0.2, 0) is 11.3 Å². The zero-order chi connectivity index (χ0) is 20.2. The van der Waals surface area contributed by atoms with Crippen LogP contribution < -0.4 is 5.32 Å². The van der Waals surface area contributed by atoms with Gasteiger partial charge in [0, 0.05) is 12.2 Å². The number of carboxylic acids is 1. The number of thiophene rings is 1. The number of carbonyl (C=O) groups is 1. The molecule has 1 unspecified atom stereocenters. The van der Waals surface area contributed by atoms with E-state index in [4.69, 9.17) is 21.5 Å². The summed E-state index contributed by atoms with van der Waals surface area (Å²) in [7, 11) is 0. The molecule has 0 aliphatic heterocycles. The van der Waals surface area contributed by atoms with E-state index in [-0.39, 0.29) is 6.04 Å². The summed E-state index contributed by atoms with van der Waals surface area (Å²) in [4.78, 5) is 12.3. The predicted molar refractivity (Wildman–Crippen MR) is 95.7 cm³/mol. The first kappa shape index (κ1) is 21.2. The molecule has 0 radical (unpaired) electrons. The summed E-state index contributed by atoms with van der Waals surface area (Å²) in [6.07, 6.45) is -3.31. The molecule has 0 amide bonds. The number of alkyl halides is 3. The van der Waals surface area contributed by atoms with Crippen molar-refractivity contribution in [1.82, 2.24) is 25.7 Å². The van der Waals surface area contributed by atoms with Gasteiger partial charge >= 0.3 is 12.1 Å². The fourth-order valence-electron chi connectivity index (χ4n) is 2.30. The van der Waals surface area contributed by atoms with Crippen LogP contribution in [0.25, 0.3) is 10.2 Å². The number of halogens is 4. The molecule has 1 atom stereocenters. The molecule has 3 aromatic heterocycles. The molecule has 0 aliphatic rings. The second-order valence-electron chi connectivity index (χ2n) is 5.92. The third-order valence-electron chi connectivity index (χ3n) is 3.51. The first-order valence-corrected chi connectivity index (χ1v) is 8.93. The number of fused-ring (bicyclic) bond motifs is 1. The minimum Gasteiger partial charge on any atom is -0.475 e. The Morgan fingerprint density at radius 2 is 2.07 bits per heavy atom. The van der Waals surface area contributed by atoms with E-state index >= 15 is 0 Å². The summed E-state index contributed by atoms with van der Waals surface area (Å²) >= 11 is 7.57. The topological polar surface area (TPSA) is 107 Å². The summed E-state index contributed by atoms with van der Waals surface area (Å²) < 4.78 is 33.7. The van der Waals surface area contributed by atoms with Gasteiger partial charge in [-0.05, 0) is 18.1 Å². The van der Waals surface area contributed by atoms with Crippen LogP contribution in [-0.4, -0.2) is 37.6 Å². The molecule has 3 heterocycles. The highest BCUT2D eigenvalue weighted by Gasteiger charge is 2.38. The van der Waals surface area contributed by atoms with Crippen LogP contribution in [0.1, 0.15) is 31.3 Å². The second-order valence-corrected chi connectivity index (χ2v) is 7.64. The summed E-state index contributed by atoms with van der Waals surface area (Å²) in [6, 6.07) is 4.28. The lowest BCUT2D eigenvalue weighted by Gasteiger charge is -2.19. The van der Waals surface area contributed by atoms with E-state index in [1.165, 1.54) is 4.70 Å². The van der Waals surface area contributed by atoms with Crippen LogP contribution in [0.4, 0.5) is 13.2 Å². The third-order valence-corrected chi connectivity index (χ3v) is 4.72. The normalized spacial score (nSPS) is 12.9. The lowest BCUT2D eigenvalue weighted by molar-refractivity contribution is -0.192. The average Bonchev–Trinajstić information content (AvgIpc) is 3.23. The highest BCUT2D eigenvalue weighted by atomic mass is 35.5. The number of hydrogen-bond acceptors (Lipinski definition) is 5. The molecule has 0 spiro atoms. The largest absolute Gasteiger partial charge is 0.490 e. The summed E-state index contributed by atoms with van der Waals surface area (Å²) in [5, 5.41) is 21.4. The number of aromatic amines is 2. The van der Waals surface area contributed by atoms with Crippen LogP contribution in [0.5, 0.6) is 0 Å². The van der Waals surface area contributed by atoms with Gasteiger partial charge in [0.2, 0.25) is 0 Å². The number of rotatable bonds is 5. The molecule has 0 fully saturated rings. The quantitative estimate of drug-likeness (QED) is 0.494. The molecule has 12 heteroatoms. The van der Waals surface area contributed by atoms with Gasteiger partial charge in [0.15, 0.2) is 0 Å². The monoisotopic (exact) mass is 423 g/mol. The molecular weight excluding hydrogens is 407 g/mol. The number of nitrogens with one attached hydrogen (secondary N) is 3. The van der Waals surface area contributed by atoms with E-state index in [1.54, 1.807) is 17.5 Å². The highest BCUT2D eigenvalue weighted by Crippen LogP contribution is 2.30. The van der Waals surface area contributed by atoms with Crippen LogP contribution in [0.15, 0.2) is 18.3 Å². The van der Waals surface area contributed by atoms with Crippen LogP contribution in [0.3, 0.4) is 0 Å². The number of nitrogens with zero attached hydrogens (tertiary/aromatic N) is 2. The molecule has 3 rings (SSSR count). The molecule has 3 aromatic rings. The van der Waals surface area contributed by atoms with Gasteiger partial charge in [0.05, 0.1) is 32.5 Å². The molecule has 0 bridgehead atoms. The third kappa shape index (κ3) is 5.94. The minimum absolute atomic E-state index is 0.179. The molecule has 27 heavy (non-hydrogen) atoms. The number of carboxylic acid groups (broad SMARTS) is 1. The summed E-state index contributed by atoms with van der Waals surface area (Å²) in [6.45, 7) is 5.09. The fraction of sp³-hybridized carbons (Fsp3) is 0.400. The zero-order valence-electron chi connectivity index (χ0n) is 14.3. The average molecular weight is 424 g/mol. The van der Waals surface area contributed by atoms with Crippen molar-refractivity contribution in [3.63, 3.8) is 0 Å². The van der Waals surface area contributed by atoms with Crippen molar-refractivity contribution in [3.05, 3.63) is 34.1 Å². The molecule has 0 saturated carbocycles. The lowest BCUT2D eigenvalue weighted by Crippen LogP contribution is -2.25. The van der Waals surface area contributed by atoms with Gasteiger partial charge in [-0.25, -0.2) is 4.79 Å². The van der Waals surface area contributed by atoms with E-state index in [0.29, 0.717) is 5.92 Å². The Balaban J connectivity index is 0.000000321. The fourth-order valence-corrected chi connectivity index (χ4v) is 3.47. The van der Waals surface area contributed by atoms with Gasteiger partial charge in [-0.15, -0.1) is 11.3 Å². The standard InChI is InChI=1S/C13H16ClN5S.C2HF3O2/c1-7(2)13(10-6-16-19-18-10)15-5-8-3-11-9(17-8)4-12(14)20-11;3-2(4,5)1(6)7/h3-4,6-7,13,15,17H,5H2,1-2H3,(H,16,18,19);(H,6,7). The Morgan fingerprint density at radius 1 is 1.41 bits per heavy atom. The predicted octanol–water partition coefficient (Wildman–Crippen LogP) is 4.12.